The third-order valence-electron chi connectivity index (χ3n) is 5.55. The molecule has 1 aliphatic rings. The Morgan fingerprint density at radius 3 is 2.32 bits per heavy atom. The normalized spacial score (nSPS) is 13.6. The number of nitrogens with zero attached hydrogens (tertiary/aromatic N) is 6. The predicted octanol–water partition coefficient (Wildman–Crippen LogP) is 5.32. The van der Waals surface area contributed by atoms with E-state index in [-0.39, 0.29) is 24.1 Å². The fourth-order valence-electron chi connectivity index (χ4n) is 3.71. The zero-order valence-electron chi connectivity index (χ0n) is 19.9. The standard InChI is InChI=1S/C26H25FN8O2/c27-24-17-29-26(33-25(24)35-10-12-37-13-11-35)34-30-16-21-8-9-22(15-28-21)32-19-6-4-18(5-7-19)31-20-2-1-3-23(36)14-20/h1-9,14-15,17,31-32,36H,10-13,16H2. The molecule has 0 aliphatic carbocycles. The fraction of sp³-hybridized carbons (Fsp3) is 0.192. The first kappa shape index (κ1) is 24.1. The lowest BCUT2D eigenvalue weighted by Gasteiger charge is -2.27. The van der Waals surface area contributed by atoms with Crippen molar-refractivity contribution in [3.8, 4) is 5.75 Å². The quantitative estimate of drug-likeness (QED) is 0.278. The number of phenolic OH excluding ortho intramolecular Hbond substituents is 1. The first-order valence-electron chi connectivity index (χ1n) is 11.7. The summed E-state index contributed by atoms with van der Waals surface area (Å²) in [6, 6.07) is 18.5. The maximum Gasteiger partial charge on any atom is 0.270 e. The lowest BCUT2D eigenvalue weighted by molar-refractivity contribution is 0.122. The molecule has 4 aromatic rings. The molecule has 2 aromatic carbocycles. The molecule has 1 aliphatic heterocycles. The molecule has 0 amide bonds. The SMILES string of the molecule is Oc1cccc(Nc2ccc(Nc3ccc(CN=Nc4ncc(F)c(N5CCOCC5)n4)nc3)cc2)c1. The van der Waals surface area contributed by atoms with E-state index in [0.29, 0.717) is 26.3 Å². The summed E-state index contributed by atoms with van der Waals surface area (Å²) >= 11 is 0. The Balaban J connectivity index is 1.15. The number of pyridine rings is 1. The number of morpholine rings is 1. The van der Waals surface area contributed by atoms with E-state index in [1.807, 2.05) is 47.4 Å². The Morgan fingerprint density at radius 1 is 0.892 bits per heavy atom. The topological polar surface area (TPSA) is 120 Å². The van der Waals surface area contributed by atoms with E-state index in [2.05, 4.69) is 35.8 Å². The zero-order chi connectivity index (χ0) is 25.5. The van der Waals surface area contributed by atoms with Gasteiger partial charge in [0.05, 0.1) is 37.0 Å². The number of hydrogen-bond acceptors (Lipinski definition) is 10. The van der Waals surface area contributed by atoms with Gasteiger partial charge in [0, 0.05) is 36.2 Å². The summed E-state index contributed by atoms with van der Waals surface area (Å²) in [6.07, 6.45) is 2.83. The van der Waals surface area contributed by atoms with Crippen LogP contribution in [0.3, 0.4) is 0 Å². The van der Waals surface area contributed by atoms with Crippen LogP contribution in [0.25, 0.3) is 0 Å². The van der Waals surface area contributed by atoms with Gasteiger partial charge < -0.3 is 25.4 Å². The van der Waals surface area contributed by atoms with Crippen molar-refractivity contribution < 1.29 is 14.2 Å². The van der Waals surface area contributed by atoms with E-state index in [0.717, 1.165) is 34.6 Å². The molecule has 0 spiro atoms. The van der Waals surface area contributed by atoms with E-state index in [4.69, 9.17) is 4.74 Å². The van der Waals surface area contributed by atoms with Crippen molar-refractivity contribution >= 4 is 34.5 Å². The van der Waals surface area contributed by atoms with Crippen molar-refractivity contribution in [2.75, 3.05) is 41.8 Å². The highest BCUT2D eigenvalue weighted by Gasteiger charge is 2.17. The lowest BCUT2D eigenvalue weighted by atomic mass is 10.2. The number of phenols is 1. The molecule has 0 radical (unpaired) electrons. The highest BCUT2D eigenvalue weighted by molar-refractivity contribution is 5.66. The fourth-order valence-corrected chi connectivity index (χ4v) is 3.71. The summed E-state index contributed by atoms with van der Waals surface area (Å²) in [7, 11) is 0. The minimum Gasteiger partial charge on any atom is -0.508 e. The smallest absolute Gasteiger partial charge is 0.270 e. The van der Waals surface area contributed by atoms with Gasteiger partial charge in [0.25, 0.3) is 5.95 Å². The molecule has 3 heterocycles. The minimum atomic E-state index is -0.493. The number of halogens is 1. The molecule has 10 nitrogen and oxygen atoms in total. The van der Waals surface area contributed by atoms with Crippen LogP contribution < -0.4 is 15.5 Å². The molecule has 1 fully saturated rings. The van der Waals surface area contributed by atoms with E-state index in [1.165, 1.54) is 0 Å². The molecule has 0 bridgehead atoms. The second kappa shape index (κ2) is 11.4. The number of aromatic hydroxyl groups is 1. The molecule has 11 heteroatoms. The van der Waals surface area contributed by atoms with Crippen molar-refractivity contribution in [1.29, 1.82) is 0 Å². The summed E-state index contributed by atoms with van der Waals surface area (Å²) < 4.78 is 19.5. The van der Waals surface area contributed by atoms with E-state index >= 15 is 0 Å². The highest BCUT2D eigenvalue weighted by Crippen LogP contribution is 2.24. The van der Waals surface area contributed by atoms with Crippen LogP contribution in [0.4, 0.5) is 38.9 Å². The Labute approximate surface area is 212 Å². The number of rotatable bonds is 8. The van der Waals surface area contributed by atoms with Crippen LogP contribution in [-0.4, -0.2) is 46.4 Å². The van der Waals surface area contributed by atoms with Crippen LogP contribution >= 0.6 is 0 Å². The Bertz CT molecular complexity index is 1360. The number of anilines is 5. The Kier molecular flexibility index (Phi) is 7.42. The number of hydrogen-bond donors (Lipinski definition) is 3. The Hall–Kier alpha value is -4.64. The van der Waals surface area contributed by atoms with E-state index < -0.39 is 5.82 Å². The number of benzene rings is 2. The van der Waals surface area contributed by atoms with Crippen molar-refractivity contribution in [3.05, 3.63) is 84.6 Å². The molecule has 0 saturated carbocycles. The van der Waals surface area contributed by atoms with Gasteiger partial charge in [0.1, 0.15) is 12.3 Å². The zero-order valence-corrected chi connectivity index (χ0v) is 19.9. The molecule has 1 saturated heterocycles. The average Bonchev–Trinajstić information content (AvgIpc) is 2.92. The van der Waals surface area contributed by atoms with E-state index in [9.17, 15) is 9.50 Å². The van der Waals surface area contributed by atoms with Crippen LogP contribution in [0.1, 0.15) is 5.69 Å². The second-order valence-corrected chi connectivity index (χ2v) is 8.26. The monoisotopic (exact) mass is 500 g/mol. The van der Waals surface area contributed by atoms with Crippen molar-refractivity contribution in [2.45, 2.75) is 6.54 Å². The van der Waals surface area contributed by atoms with Crippen LogP contribution in [0, 0.1) is 5.82 Å². The average molecular weight is 501 g/mol. The molecular weight excluding hydrogens is 475 g/mol. The van der Waals surface area contributed by atoms with Gasteiger partial charge >= 0.3 is 0 Å². The molecule has 37 heavy (non-hydrogen) atoms. The van der Waals surface area contributed by atoms with Gasteiger partial charge in [-0.25, -0.2) is 9.37 Å². The van der Waals surface area contributed by atoms with Crippen LogP contribution in [0.15, 0.2) is 83.3 Å². The number of nitrogens with one attached hydrogen (secondary N) is 2. The molecular formula is C26H25FN8O2. The van der Waals surface area contributed by atoms with Crippen molar-refractivity contribution in [1.82, 2.24) is 15.0 Å². The number of ether oxygens (including phenoxy) is 1. The van der Waals surface area contributed by atoms with Gasteiger partial charge in [-0.05, 0) is 48.5 Å². The number of aromatic nitrogens is 3. The van der Waals surface area contributed by atoms with Gasteiger partial charge in [-0.1, -0.05) is 6.07 Å². The number of azo groups is 1. The van der Waals surface area contributed by atoms with Gasteiger partial charge in [-0.15, -0.1) is 5.11 Å². The third kappa shape index (κ3) is 6.53. The van der Waals surface area contributed by atoms with Crippen molar-refractivity contribution in [3.63, 3.8) is 0 Å². The maximum atomic E-state index is 14.1. The van der Waals surface area contributed by atoms with Gasteiger partial charge in [0.15, 0.2) is 11.6 Å². The first-order chi connectivity index (χ1) is 18.1. The summed E-state index contributed by atoms with van der Waals surface area (Å²) in [5, 5.41) is 24.3. The third-order valence-corrected chi connectivity index (χ3v) is 5.55. The van der Waals surface area contributed by atoms with Crippen LogP contribution in [0.5, 0.6) is 5.75 Å². The molecule has 0 unspecified atom stereocenters. The van der Waals surface area contributed by atoms with Gasteiger partial charge in [0.2, 0.25) is 0 Å². The largest absolute Gasteiger partial charge is 0.508 e. The lowest BCUT2D eigenvalue weighted by Crippen LogP contribution is -2.37. The second-order valence-electron chi connectivity index (χ2n) is 8.26. The predicted molar refractivity (Wildman–Crippen MR) is 139 cm³/mol. The maximum absolute atomic E-state index is 14.1. The molecule has 188 valence electrons. The summed E-state index contributed by atoms with van der Waals surface area (Å²) in [6.45, 7) is 2.42. The molecule has 5 rings (SSSR count). The highest BCUT2D eigenvalue weighted by atomic mass is 19.1. The van der Waals surface area contributed by atoms with Gasteiger partial charge in [-0.3, -0.25) is 4.98 Å². The van der Waals surface area contributed by atoms with Crippen LogP contribution in [-0.2, 0) is 11.3 Å². The van der Waals surface area contributed by atoms with Crippen molar-refractivity contribution in [2.24, 2.45) is 10.2 Å². The minimum absolute atomic E-state index is 0.100. The molecule has 3 N–H and O–H groups in total. The summed E-state index contributed by atoms with van der Waals surface area (Å²) in [4.78, 5) is 14.3. The summed E-state index contributed by atoms with van der Waals surface area (Å²) in [5.41, 5.74) is 4.15. The van der Waals surface area contributed by atoms with Gasteiger partial charge in [-0.2, -0.15) is 10.1 Å². The molecule has 2 aromatic heterocycles. The van der Waals surface area contributed by atoms with Crippen LogP contribution in [0.2, 0.25) is 0 Å². The summed E-state index contributed by atoms with van der Waals surface area (Å²) in [5.74, 6) is 0.0301. The first-order valence-corrected chi connectivity index (χ1v) is 11.7. The molecule has 0 atom stereocenters. The Morgan fingerprint density at radius 2 is 1.62 bits per heavy atom. The van der Waals surface area contributed by atoms with E-state index in [1.54, 1.807) is 24.4 Å².